The molecule has 0 saturated carbocycles. The molecule has 0 aliphatic carbocycles. The van der Waals surface area contributed by atoms with Gasteiger partial charge < -0.3 is 18.8 Å². The molecule has 0 atom stereocenters. The minimum absolute atomic E-state index is 0.664. The molecule has 76 heavy (non-hydrogen) atoms. The molecule has 5 heteroatoms. The number of unbranched alkanes of at least 4 members (excludes halogenated alkanes) is 16. The van der Waals surface area contributed by atoms with Gasteiger partial charge in [-0.3, -0.25) is 0 Å². The van der Waals surface area contributed by atoms with Crippen LogP contribution in [0.3, 0.4) is 0 Å². The number of fused-ring (bicyclic) bond motifs is 7. The lowest BCUT2D eigenvalue weighted by Crippen LogP contribution is -2.05. The number of aryl methyl sites for hydroxylation is 1. The molecule has 0 N–H and O–H groups in total. The molecule has 396 valence electrons. The molecule has 1 heterocycles. The molecule has 0 unspecified atom stereocenters. The zero-order valence-corrected chi connectivity index (χ0v) is 46.4. The van der Waals surface area contributed by atoms with Crippen molar-refractivity contribution in [1.82, 2.24) is 9.55 Å². The van der Waals surface area contributed by atoms with Crippen LogP contribution < -0.4 is 14.2 Å². The van der Waals surface area contributed by atoms with Crippen LogP contribution in [0.1, 0.15) is 156 Å². The molecular weight excluding hydrogens is 929 g/mol. The fourth-order valence-electron chi connectivity index (χ4n) is 11.3. The van der Waals surface area contributed by atoms with Gasteiger partial charge in [0.1, 0.15) is 23.1 Å². The van der Waals surface area contributed by atoms with E-state index in [0.717, 1.165) is 112 Å². The van der Waals surface area contributed by atoms with Crippen molar-refractivity contribution in [1.29, 1.82) is 0 Å². The summed E-state index contributed by atoms with van der Waals surface area (Å²) in [4.78, 5) is 5.95. The first-order valence-corrected chi connectivity index (χ1v) is 29.7. The zero-order valence-electron chi connectivity index (χ0n) is 46.4. The highest BCUT2D eigenvalue weighted by molar-refractivity contribution is 6.25. The first-order chi connectivity index (χ1) is 37.6. The van der Waals surface area contributed by atoms with Gasteiger partial charge in [-0.1, -0.05) is 246 Å². The summed E-state index contributed by atoms with van der Waals surface area (Å²) in [6.45, 7) is 12.0. The van der Waals surface area contributed by atoms with Crippen LogP contribution in [-0.4, -0.2) is 29.4 Å². The smallest absolute Gasteiger partial charge is 0.145 e. The van der Waals surface area contributed by atoms with Crippen molar-refractivity contribution in [2.75, 3.05) is 19.8 Å². The van der Waals surface area contributed by atoms with Crippen molar-refractivity contribution in [3.63, 3.8) is 0 Å². The number of hydrogen-bond donors (Lipinski definition) is 0. The van der Waals surface area contributed by atoms with Gasteiger partial charge in [-0.25, -0.2) is 4.98 Å². The fraction of sp³-hybridized carbons (Fsp3) is 0.394. The Morgan fingerprint density at radius 2 is 0.842 bits per heavy atom. The number of aromatic nitrogens is 2. The predicted octanol–water partition coefficient (Wildman–Crippen LogP) is 21.2. The number of nitrogens with zero attached hydrogens (tertiary/aromatic N) is 2. The normalized spacial score (nSPS) is 11.6. The highest BCUT2D eigenvalue weighted by atomic mass is 16.5. The second-order valence-corrected chi connectivity index (χ2v) is 21.2. The summed E-state index contributed by atoms with van der Waals surface area (Å²) in [6.07, 6.45) is 23.7. The molecule has 9 aromatic rings. The van der Waals surface area contributed by atoms with Gasteiger partial charge in [0.05, 0.1) is 36.4 Å². The number of benzene rings is 8. The standard InChI is InChI=1S/C71H84N2O3/c1-5-9-13-17-19-31-47-75-66-52-62(67(76-48-32-20-18-14-10-6-2)51-61(66)54-35-25-22-26-36-54)57-40-43-59-60-42-39-56(53-33-23-21-24-34-53)49-64(60)70-69(63(59)50-57)72-71(73(70)45-29-15-11-7-3)68-58-38-28-27-37-55(58)41-44-65(68)74-46-30-16-12-8-4/h21-28,33-44,49-52H,5-20,29-32,45-48H2,1-4H3. The second kappa shape index (κ2) is 28.0. The molecule has 5 nitrogen and oxygen atoms in total. The molecule has 1 aromatic heterocycles. The van der Waals surface area contributed by atoms with E-state index in [1.54, 1.807) is 0 Å². The van der Waals surface area contributed by atoms with Gasteiger partial charge in [0, 0.05) is 28.4 Å². The van der Waals surface area contributed by atoms with E-state index < -0.39 is 0 Å². The van der Waals surface area contributed by atoms with Gasteiger partial charge >= 0.3 is 0 Å². The molecule has 0 aliphatic rings. The van der Waals surface area contributed by atoms with E-state index in [1.165, 1.54) is 128 Å². The number of rotatable bonds is 31. The lowest BCUT2D eigenvalue weighted by molar-refractivity contribution is 0.298. The van der Waals surface area contributed by atoms with Crippen LogP contribution in [0.2, 0.25) is 0 Å². The number of ether oxygens (including phenoxy) is 3. The van der Waals surface area contributed by atoms with E-state index in [9.17, 15) is 0 Å². The van der Waals surface area contributed by atoms with Gasteiger partial charge in [-0.2, -0.15) is 0 Å². The first-order valence-electron chi connectivity index (χ1n) is 29.7. The van der Waals surface area contributed by atoms with Crippen molar-refractivity contribution in [2.45, 2.75) is 163 Å². The van der Waals surface area contributed by atoms with E-state index in [0.29, 0.717) is 19.8 Å². The third kappa shape index (κ3) is 13.1. The van der Waals surface area contributed by atoms with E-state index in [1.807, 2.05) is 0 Å². The van der Waals surface area contributed by atoms with Crippen molar-refractivity contribution in [3.8, 4) is 62.0 Å². The summed E-state index contributed by atoms with van der Waals surface area (Å²) in [7, 11) is 0. The van der Waals surface area contributed by atoms with Crippen LogP contribution in [0.5, 0.6) is 17.2 Å². The monoisotopic (exact) mass is 1010 g/mol. The predicted molar refractivity (Wildman–Crippen MR) is 326 cm³/mol. The maximum Gasteiger partial charge on any atom is 0.145 e. The Hall–Kier alpha value is -6.59. The highest BCUT2D eigenvalue weighted by Gasteiger charge is 2.25. The maximum atomic E-state index is 6.98. The Morgan fingerprint density at radius 1 is 0.355 bits per heavy atom. The van der Waals surface area contributed by atoms with Gasteiger partial charge in [-0.15, -0.1) is 0 Å². The Balaban J connectivity index is 1.27. The Kier molecular flexibility index (Phi) is 20.0. The van der Waals surface area contributed by atoms with Crippen molar-refractivity contribution in [2.24, 2.45) is 0 Å². The Morgan fingerprint density at radius 3 is 1.47 bits per heavy atom. The molecule has 0 spiro atoms. The van der Waals surface area contributed by atoms with Crippen LogP contribution in [0.25, 0.3) is 88.1 Å². The lowest BCUT2D eigenvalue weighted by atomic mass is 9.92. The average Bonchev–Trinajstić information content (AvgIpc) is 3.93. The van der Waals surface area contributed by atoms with E-state index in [2.05, 4.69) is 178 Å². The second-order valence-electron chi connectivity index (χ2n) is 21.2. The number of hydrogen-bond acceptors (Lipinski definition) is 4. The van der Waals surface area contributed by atoms with E-state index >= 15 is 0 Å². The summed E-state index contributed by atoms with van der Waals surface area (Å²) in [6, 6.07) is 53.4. The molecule has 0 radical (unpaired) electrons. The summed E-state index contributed by atoms with van der Waals surface area (Å²) < 4.78 is 23.3. The fourth-order valence-corrected chi connectivity index (χ4v) is 11.3. The third-order valence-electron chi connectivity index (χ3n) is 15.5. The van der Waals surface area contributed by atoms with Gasteiger partial charge in [0.25, 0.3) is 0 Å². The van der Waals surface area contributed by atoms with Gasteiger partial charge in [-0.05, 0) is 99.8 Å². The topological polar surface area (TPSA) is 45.5 Å². The molecule has 0 bridgehead atoms. The molecule has 8 aromatic carbocycles. The lowest BCUT2D eigenvalue weighted by Gasteiger charge is -2.19. The van der Waals surface area contributed by atoms with Crippen molar-refractivity contribution in [3.05, 3.63) is 146 Å². The SMILES string of the molecule is CCCCCCCCOc1cc(-c2ccc3c4ccc(-c5ccccc5)cc4c4c(nc(-c5c(OCCCCCC)ccc6ccccc56)n4CCCCCC)c3c2)c(OCCCCCCCC)cc1-c1ccccc1. The minimum atomic E-state index is 0.664. The highest BCUT2D eigenvalue weighted by Crippen LogP contribution is 2.47. The Labute approximate surface area is 455 Å². The minimum Gasteiger partial charge on any atom is -0.493 e. The zero-order chi connectivity index (χ0) is 52.3. The molecule has 0 amide bonds. The van der Waals surface area contributed by atoms with Crippen LogP contribution in [-0.2, 0) is 6.54 Å². The maximum absolute atomic E-state index is 6.98. The van der Waals surface area contributed by atoms with Crippen LogP contribution >= 0.6 is 0 Å². The molecule has 0 fully saturated rings. The van der Waals surface area contributed by atoms with Crippen LogP contribution in [0.15, 0.2) is 146 Å². The summed E-state index contributed by atoms with van der Waals surface area (Å²) >= 11 is 0. The van der Waals surface area contributed by atoms with E-state index in [4.69, 9.17) is 19.2 Å². The molecular formula is C71H84N2O3. The Bertz CT molecular complexity index is 3250. The van der Waals surface area contributed by atoms with Crippen LogP contribution in [0, 0.1) is 0 Å². The quantitative estimate of drug-likeness (QED) is 0.0321. The van der Waals surface area contributed by atoms with Crippen molar-refractivity contribution >= 4 is 43.4 Å². The average molecular weight is 1010 g/mol. The van der Waals surface area contributed by atoms with E-state index in [-0.39, 0.29) is 0 Å². The first kappa shape index (κ1) is 54.2. The molecule has 9 rings (SSSR count). The van der Waals surface area contributed by atoms with Gasteiger partial charge in [0.15, 0.2) is 0 Å². The third-order valence-corrected chi connectivity index (χ3v) is 15.5. The molecule has 0 saturated heterocycles. The molecule has 0 aliphatic heterocycles. The number of imidazole rings is 1. The summed E-state index contributed by atoms with van der Waals surface area (Å²) in [5.41, 5.74) is 10.0. The van der Waals surface area contributed by atoms with Crippen LogP contribution in [0.4, 0.5) is 0 Å². The van der Waals surface area contributed by atoms with Gasteiger partial charge in [0.2, 0.25) is 0 Å². The summed E-state index contributed by atoms with van der Waals surface area (Å²) in [5, 5.41) is 7.11. The summed E-state index contributed by atoms with van der Waals surface area (Å²) in [5.74, 6) is 3.66. The van der Waals surface area contributed by atoms with Crippen molar-refractivity contribution < 1.29 is 14.2 Å². The largest absolute Gasteiger partial charge is 0.493 e.